The van der Waals surface area contributed by atoms with Gasteiger partial charge in [0.2, 0.25) is 0 Å². The summed E-state index contributed by atoms with van der Waals surface area (Å²) in [6.07, 6.45) is -0.404. The number of hydrogen-bond donors (Lipinski definition) is 1. The fourth-order valence-corrected chi connectivity index (χ4v) is 5.24. The Morgan fingerprint density at radius 2 is 1.87 bits per heavy atom. The summed E-state index contributed by atoms with van der Waals surface area (Å²) < 4.78 is 34.0. The van der Waals surface area contributed by atoms with Crippen LogP contribution in [0.25, 0.3) is 0 Å². The molecule has 2 aromatic rings. The van der Waals surface area contributed by atoms with E-state index < -0.39 is 12.1 Å². The zero-order valence-electron chi connectivity index (χ0n) is 17.0. The van der Waals surface area contributed by atoms with Crippen LogP contribution in [0.4, 0.5) is 13.2 Å². The Labute approximate surface area is 181 Å². The number of thiophene rings is 1. The smallest absolute Gasteiger partial charge is 0.475 e. The Balaban J connectivity index is 0.000000289. The Hall–Kier alpha value is -2.33. The van der Waals surface area contributed by atoms with Gasteiger partial charge in [0.25, 0.3) is 5.91 Å². The molecule has 0 bridgehead atoms. The van der Waals surface area contributed by atoms with Crippen molar-refractivity contribution in [3.05, 3.63) is 45.9 Å². The van der Waals surface area contributed by atoms with Crippen molar-refractivity contribution in [2.24, 2.45) is 5.92 Å². The number of carbonyl (C=O) groups excluding carboxylic acids is 1. The fraction of sp³-hybridized carbons (Fsp3) is 0.524. The molecule has 0 aromatic carbocycles. The number of nitrogens with zero attached hydrogens (tertiary/aromatic N) is 3. The molecule has 31 heavy (non-hydrogen) atoms. The first kappa shape index (κ1) is 21.9. The van der Waals surface area contributed by atoms with E-state index in [1.807, 2.05) is 23.5 Å². The Morgan fingerprint density at radius 3 is 2.45 bits per heavy atom. The van der Waals surface area contributed by atoms with Crippen LogP contribution in [0.3, 0.4) is 0 Å². The summed E-state index contributed by atoms with van der Waals surface area (Å²) in [6, 6.07) is 9.21. The number of likely N-dealkylation sites (tertiary alicyclic amines) is 1. The molecule has 1 saturated heterocycles. The minimum absolute atomic E-state index is 0.238. The number of carboxylic acid groups (broad SMARTS) is 1. The maximum absolute atomic E-state index is 12.9. The SMILES string of the molecule is Cc1ccc(CN2CC3C(C2)n2cccc2C(=O)N3CC2CC2)s1.O=C(O)C(F)(F)F. The van der Waals surface area contributed by atoms with E-state index in [2.05, 4.69) is 39.6 Å². The highest BCUT2D eigenvalue weighted by Gasteiger charge is 2.46. The van der Waals surface area contributed by atoms with Crippen LogP contribution >= 0.6 is 11.3 Å². The molecule has 0 radical (unpaired) electrons. The molecular weight excluding hydrogens is 431 g/mol. The number of rotatable bonds is 4. The monoisotopic (exact) mass is 455 g/mol. The highest BCUT2D eigenvalue weighted by Crippen LogP contribution is 2.38. The molecule has 6 nitrogen and oxygen atoms in total. The van der Waals surface area contributed by atoms with Crippen LogP contribution in [0.1, 0.15) is 39.1 Å². The first-order valence-corrected chi connectivity index (χ1v) is 11.0. The van der Waals surface area contributed by atoms with Gasteiger partial charge in [-0.05, 0) is 49.9 Å². The fourth-order valence-electron chi connectivity index (χ4n) is 4.31. The van der Waals surface area contributed by atoms with Gasteiger partial charge < -0.3 is 14.6 Å². The lowest BCUT2D eigenvalue weighted by Crippen LogP contribution is -2.51. The van der Waals surface area contributed by atoms with Crippen LogP contribution in [0.2, 0.25) is 0 Å². The van der Waals surface area contributed by atoms with Crippen LogP contribution in [-0.2, 0) is 11.3 Å². The van der Waals surface area contributed by atoms with Gasteiger partial charge in [-0.3, -0.25) is 9.69 Å². The van der Waals surface area contributed by atoms with E-state index in [1.165, 1.54) is 22.6 Å². The molecule has 2 unspecified atom stereocenters. The molecule has 4 heterocycles. The molecule has 1 amide bonds. The van der Waals surface area contributed by atoms with Gasteiger partial charge in [-0.2, -0.15) is 13.2 Å². The molecule has 5 rings (SSSR count). The van der Waals surface area contributed by atoms with Crippen molar-refractivity contribution in [2.75, 3.05) is 19.6 Å². The van der Waals surface area contributed by atoms with E-state index in [1.54, 1.807) is 0 Å². The quantitative estimate of drug-likeness (QED) is 0.762. The van der Waals surface area contributed by atoms with Gasteiger partial charge in [0, 0.05) is 42.1 Å². The maximum atomic E-state index is 12.9. The van der Waals surface area contributed by atoms with Crippen LogP contribution in [0.5, 0.6) is 0 Å². The number of fused-ring (bicyclic) bond motifs is 3. The third-order valence-electron chi connectivity index (χ3n) is 5.92. The van der Waals surface area contributed by atoms with Crippen molar-refractivity contribution < 1.29 is 27.9 Å². The van der Waals surface area contributed by atoms with Crippen molar-refractivity contribution in [3.8, 4) is 0 Å². The van der Waals surface area contributed by atoms with Crippen LogP contribution < -0.4 is 0 Å². The second-order valence-electron chi connectivity index (χ2n) is 8.35. The molecule has 1 aliphatic carbocycles. The summed E-state index contributed by atoms with van der Waals surface area (Å²) in [5.74, 6) is -1.78. The lowest BCUT2D eigenvalue weighted by atomic mass is 10.1. The molecule has 2 atom stereocenters. The molecule has 2 fully saturated rings. The summed E-state index contributed by atoms with van der Waals surface area (Å²) in [5.41, 5.74) is 0.880. The second-order valence-corrected chi connectivity index (χ2v) is 9.72. The van der Waals surface area contributed by atoms with Crippen molar-refractivity contribution in [3.63, 3.8) is 0 Å². The molecule has 0 spiro atoms. The Kier molecular flexibility index (Phi) is 5.87. The third kappa shape index (κ3) is 4.79. The molecule has 3 aliphatic rings. The Bertz CT molecular complexity index is 966. The number of aromatic nitrogens is 1. The normalized spacial score (nSPS) is 23.2. The Morgan fingerprint density at radius 1 is 1.19 bits per heavy atom. The highest BCUT2D eigenvalue weighted by molar-refractivity contribution is 7.11. The number of carboxylic acids is 1. The van der Waals surface area contributed by atoms with E-state index >= 15 is 0 Å². The van der Waals surface area contributed by atoms with E-state index in [0.717, 1.165) is 37.8 Å². The van der Waals surface area contributed by atoms with Crippen molar-refractivity contribution in [1.82, 2.24) is 14.4 Å². The molecule has 2 aromatic heterocycles. The predicted molar refractivity (Wildman–Crippen MR) is 109 cm³/mol. The van der Waals surface area contributed by atoms with E-state index in [4.69, 9.17) is 9.90 Å². The maximum Gasteiger partial charge on any atom is 0.490 e. The standard InChI is InChI=1S/C19H23N3OS.C2HF3O2/c1-13-4-7-15(24-13)10-20-11-17-18(12-20)22(9-14-5-6-14)19(23)16-3-2-8-21(16)17;3-2(4,5)1(6)7/h2-4,7-8,14,17-18H,5-6,9-12H2,1H3;(H,6,7). The molecule has 1 saturated carbocycles. The molecule has 2 aliphatic heterocycles. The number of aryl methyl sites for hydroxylation is 1. The van der Waals surface area contributed by atoms with Crippen LogP contribution in [-0.4, -0.2) is 63.2 Å². The van der Waals surface area contributed by atoms with E-state index in [9.17, 15) is 18.0 Å². The first-order valence-electron chi connectivity index (χ1n) is 10.2. The number of amides is 1. The van der Waals surface area contributed by atoms with Gasteiger partial charge in [0.05, 0.1) is 12.1 Å². The van der Waals surface area contributed by atoms with Crippen LogP contribution in [0.15, 0.2) is 30.5 Å². The zero-order valence-corrected chi connectivity index (χ0v) is 17.8. The predicted octanol–water partition coefficient (Wildman–Crippen LogP) is 3.78. The molecule has 168 valence electrons. The largest absolute Gasteiger partial charge is 0.490 e. The lowest BCUT2D eigenvalue weighted by molar-refractivity contribution is -0.192. The topological polar surface area (TPSA) is 65.8 Å². The van der Waals surface area contributed by atoms with E-state index in [-0.39, 0.29) is 5.91 Å². The number of carbonyl (C=O) groups is 2. The van der Waals surface area contributed by atoms with Gasteiger partial charge in [0.1, 0.15) is 5.69 Å². The summed E-state index contributed by atoms with van der Waals surface area (Å²) in [4.78, 5) is 29.4. The first-order chi connectivity index (χ1) is 14.6. The van der Waals surface area contributed by atoms with Crippen molar-refractivity contribution in [2.45, 2.75) is 44.6 Å². The third-order valence-corrected chi connectivity index (χ3v) is 6.91. The highest BCUT2D eigenvalue weighted by atomic mass is 32.1. The van der Waals surface area contributed by atoms with Gasteiger partial charge in [-0.1, -0.05) is 0 Å². The summed E-state index contributed by atoms with van der Waals surface area (Å²) >= 11 is 1.89. The molecule has 1 N–H and O–H groups in total. The number of alkyl halides is 3. The lowest BCUT2D eigenvalue weighted by Gasteiger charge is -2.38. The van der Waals surface area contributed by atoms with Gasteiger partial charge in [-0.15, -0.1) is 11.3 Å². The van der Waals surface area contributed by atoms with Gasteiger partial charge in [0.15, 0.2) is 0 Å². The summed E-state index contributed by atoms with van der Waals surface area (Å²) in [5, 5.41) is 7.12. The summed E-state index contributed by atoms with van der Waals surface area (Å²) in [7, 11) is 0. The molecular formula is C21H24F3N3O3S. The number of aliphatic carboxylic acids is 1. The van der Waals surface area contributed by atoms with Crippen LogP contribution in [0, 0.1) is 12.8 Å². The summed E-state index contributed by atoms with van der Waals surface area (Å²) in [6.45, 7) is 6.17. The zero-order chi connectivity index (χ0) is 22.3. The number of hydrogen-bond acceptors (Lipinski definition) is 4. The molecule has 10 heteroatoms. The van der Waals surface area contributed by atoms with Gasteiger partial charge >= 0.3 is 12.1 Å². The number of halogens is 3. The van der Waals surface area contributed by atoms with Gasteiger partial charge in [-0.25, -0.2) is 4.79 Å². The average Bonchev–Trinajstić information content (AvgIpc) is 3.06. The van der Waals surface area contributed by atoms with E-state index in [0.29, 0.717) is 12.1 Å². The van der Waals surface area contributed by atoms with Crippen molar-refractivity contribution >= 4 is 23.2 Å². The minimum atomic E-state index is -5.08. The average molecular weight is 456 g/mol. The van der Waals surface area contributed by atoms with Crippen molar-refractivity contribution in [1.29, 1.82) is 0 Å². The minimum Gasteiger partial charge on any atom is -0.475 e. The second kappa shape index (κ2) is 8.31.